The molecule has 0 radical (unpaired) electrons. The molecule has 0 atom stereocenters. The molecule has 0 spiro atoms. The average Bonchev–Trinajstić information content (AvgIpc) is 2.58. The van der Waals surface area contributed by atoms with Crippen LogP contribution in [0.25, 0.3) is 5.57 Å². The predicted octanol–water partition coefficient (Wildman–Crippen LogP) is 0.463. The summed E-state index contributed by atoms with van der Waals surface area (Å²) >= 11 is 0. The lowest BCUT2D eigenvalue weighted by Crippen LogP contribution is -2.07. The molecule has 0 aromatic carbocycles. The van der Waals surface area contributed by atoms with Crippen molar-refractivity contribution in [3.05, 3.63) is 30.4 Å². The van der Waals surface area contributed by atoms with Crippen LogP contribution in [0.3, 0.4) is 0 Å². The number of rotatable bonds is 1. The molecule has 0 saturated heterocycles. The molecule has 0 bridgehead atoms. The average molecular weight is 147 g/mol. The molecular formula is C8H9N3. The molecule has 0 saturated carbocycles. The first-order chi connectivity index (χ1) is 5.47. The van der Waals surface area contributed by atoms with Crippen molar-refractivity contribution in [2.24, 2.45) is 0 Å². The van der Waals surface area contributed by atoms with Crippen molar-refractivity contribution in [1.82, 2.24) is 15.3 Å². The van der Waals surface area contributed by atoms with Gasteiger partial charge >= 0.3 is 0 Å². The molecule has 2 heterocycles. The maximum absolute atomic E-state index is 4.19. The number of nitrogens with one attached hydrogen (secondary N) is 1. The summed E-state index contributed by atoms with van der Waals surface area (Å²) in [5, 5.41) is 3.21. The Morgan fingerprint density at radius 3 is 3.00 bits per heavy atom. The first-order valence-corrected chi connectivity index (χ1v) is 3.63. The molecule has 0 amide bonds. The van der Waals surface area contributed by atoms with E-state index in [0.29, 0.717) is 0 Å². The van der Waals surface area contributed by atoms with E-state index in [2.05, 4.69) is 21.4 Å². The minimum atomic E-state index is 0.915. The van der Waals surface area contributed by atoms with Crippen LogP contribution < -0.4 is 5.32 Å². The van der Waals surface area contributed by atoms with Crippen molar-refractivity contribution in [2.75, 3.05) is 13.1 Å². The predicted molar refractivity (Wildman–Crippen MR) is 42.9 cm³/mol. The molecule has 11 heavy (non-hydrogen) atoms. The Balaban J connectivity index is 2.29. The van der Waals surface area contributed by atoms with E-state index in [1.54, 1.807) is 18.6 Å². The summed E-state index contributed by atoms with van der Waals surface area (Å²) < 4.78 is 0. The fourth-order valence-corrected chi connectivity index (χ4v) is 1.13. The lowest BCUT2D eigenvalue weighted by atomic mass is 10.2. The molecular weight excluding hydrogens is 138 g/mol. The molecule has 0 unspecified atom stereocenters. The van der Waals surface area contributed by atoms with Gasteiger partial charge in [-0.15, -0.1) is 0 Å². The summed E-state index contributed by atoms with van der Waals surface area (Å²) in [6.07, 6.45) is 7.34. The Hall–Kier alpha value is -1.22. The van der Waals surface area contributed by atoms with Gasteiger partial charge in [-0.1, -0.05) is 6.08 Å². The normalized spacial score (nSPS) is 16.5. The van der Waals surface area contributed by atoms with Gasteiger partial charge in [0, 0.05) is 25.5 Å². The quantitative estimate of drug-likeness (QED) is 0.627. The van der Waals surface area contributed by atoms with E-state index < -0.39 is 0 Å². The van der Waals surface area contributed by atoms with Crippen LogP contribution in [0.1, 0.15) is 5.69 Å². The van der Waals surface area contributed by atoms with Gasteiger partial charge in [0.15, 0.2) is 0 Å². The highest BCUT2D eigenvalue weighted by atomic mass is 14.9. The highest BCUT2D eigenvalue weighted by Gasteiger charge is 2.06. The molecule has 1 aromatic rings. The molecule has 56 valence electrons. The van der Waals surface area contributed by atoms with E-state index in [0.717, 1.165) is 18.8 Å². The molecule has 1 aliphatic rings. The Morgan fingerprint density at radius 1 is 1.36 bits per heavy atom. The molecule has 3 nitrogen and oxygen atoms in total. The minimum Gasteiger partial charge on any atom is -0.309 e. The van der Waals surface area contributed by atoms with Crippen molar-refractivity contribution in [2.45, 2.75) is 0 Å². The standard InChI is InChI=1S/C8H9N3/c1-2-9-5-7(1)8-6-10-3-4-11-8/h1,3-4,6,9H,2,5H2. The van der Waals surface area contributed by atoms with Gasteiger partial charge in [0.2, 0.25) is 0 Å². The van der Waals surface area contributed by atoms with Crippen LogP contribution in [0.15, 0.2) is 24.7 Å². The van der Waals surface area contributed by atoms with Gasteiger partial charge in [-0.25, -0.2) is 0 Å². The van der Waals surface area contributed by atoms with Gasteiger partial charge in [-0.3, -0.25) is 9.97 Å². The second-order valence-corrected chi connectivity index (χ2v) is 2.45. The maximum atomic E-state index is 4.19. The van der Waals surface area contributed by atoms with Crippen LogP contribution in [-0.2, 0) is 0 Å². The van der Waals surface area contributed by atoms with E-state index in [4.69, 9.17) is 0 Å². The summed E-state index contributed by atoms with van der Waals surface area (Å²) in [5.74, 6) is 0. The van der Waals surface area contributed by atoms with E-state index in [9.17, 15) is 0 Å². The highest BCUT2D eigenvalue weighted by molar-refractivity contribution is 5.65. The third-order valence-corrected chi connectivity index (χ3v) is 1.70. The summed E-state index contributed by atoms with van der Waals surface area (Å²) in [6.45, 7) is 1.87. The van der Waals surface area contributed by atoms with Gasteiger partial charge in [0.1, 0.15) is 0 Å². The number of hydrogen-bond donors (Lipinski definition) is 1. The lowest BCUT2D eigenvalue weighted by Gasteiger charge is -1.97. The zero-order chi connectivity index (χ0) is 7.52. The van der Waals surface area contributed by atoms with Gasteiger partial charge in [0.25, 0.3) is 0 Å². The number of nitrogens with zero attached hydrogens (tertiary/aromatic N) is 2. The topological polar surface area (TPSA) is 37.8 Å². The van der Waals surface area contributed by atoms with Crippen molar-refractivity contribution >= 4 is 5.57 Å². The van der Waals surface area contributed by atoms with Crippen molar-refractivity contribution < 1.29 is 0 Å². The number of hydrogen-bond acceptors (Lipinski definition) is 3. The Morgan fingerprint density at radius 2 is 2.36 bits per heavy atom. The van der Waals surface area contributed by atoms with E-state index in [1.165, 1.54) is 5.57 Å². The fourth-order valence-electron chi connectivity index (χ4n) is 1.13. The first kappa shape index (κ1) is 6.49. The van der Waals surface area contributed by atoms with E-state index >= 15 is 0 Å². The lowest BCUT2D eigenvalue weighted by molar-refractivity contribution is 0.895. The SMILES string of the molecule is C1=C(c2cnccn2)CNC1. The summed E-state index contributed by atoms with van der Waals surface area (Å²) in [5.41, 5.74) is 2.23. The molecule has 1 N–H and O–H groups in total. The van der Waals surface area contributed by atoms with Crippen LogP contribution in [0.5, 0.6) is 0 Å². The summed E-state index contributed by atoms with van der Waals surface area (Å²) in [6, 6.07) is 0. The van der Waals surface area contributed by atoms with Crippen molar-refractivity contribution in [1.29, 1.82) is 0 Å². The first-order valence-electron chi connectivity index (χ1n) is 3.63. The van der Waals surface area contributed by atoms with E-state index in [-0.39, 0.29) is 0 Å². The Kier molecular flexibility index (Phi) is 1.65. The number of aromatic nitrogens is 2. The molecule has 0 aliphatic carbocycles. The maximum Gasteiger partial charge on any atom is 0.0855 e. The zero-order valence-corrected chi connectivity index (χ0v) is 6.12. The zero-order valence-electron chi connectivity index (χ0n) is 6.12. The van der Waals surface area contributed by atoms with Crippen LogP contribution >= 0.6 is 0 Å². The van der Waals surface area contributed by atoms with Gasteiger partial charge in [-0.05, 0) is 5.57 Å². The molecule has 2 rings (SSSR count). The minimum absolute atomic E-state index is 0.915. The van der Waals surface area contributed by atoms with Crippen molar-refractivity contribution in [3.8, 4) is 0 Å². The molecule has 0 fully saturated rings. The fraction of sp³-hybridized carbons (Fsp3) is 0.250. The van der Waals surface area contributed by atoms with Crippen LogP contribution in [0, 0.1) is 0 Å². The highest BCUT2D eigenvalue weighted by Crippen LogP contribution is 2.10. The van der Waals surface area contributed by atoms with Gasteiger partial charge < -0.3 is 5.32 Å². The second kappa shape index (κ2) is 2.80. The largest absolute Gasteiger partial charge is 0.309 e. The third-order valence-electron chi connectivity index (χ3n) is 1.70. The monoisotopic (exact) mass is 147 g/mol. The van der Waals surface area contributed by atoms with Crippen molar-refractivity contribution in [3.63, 3.8) is 0 Å². The Bertz CT molecular complexity index is 266. The molecule has 1 aliphatic heterocycles. The van der Waals surface area contributed by atoms with Crippen LogP contribution in [0.2, 0.25) is 0 Å². The smallest absolute Gasteiger partial charge is 0.0855 e. The third kappa shape index (κ3) is 1.28. The molecule has 3 heteroatoms. The second-order valence-electron chi connectivity index (χ2n) is 2.45. The summed E-state index contributed by atoms with van der Waals surface area (Å²) in [4.78, 5) is 8.19. The summed E-state index contributed by atoms with van der Waals surface area (Å²) in [7, 11) is 0. The van der Waals surface area contributed by atoms with E-state index in [1.807, 2.05) is 0 Å². The van der Waals surface area contributed by atoms with Gasteiger partial charge in [0.05, 0.1) is 11.9 Å². The molecule has 1 aromatic heterocycles. The Labute approximate surface area is 65.2 Å². The van der Waals surface area contributed by atoms with Crippen LogP contribution in [0.4, 0.5) is 0 Å². The van der Waals surface area contributed by atoms with Gasteiger partial charge in [-0.2, -0.15) is 0 Å². The van der Waals surface area contributed by atoms with Crippen LogP contribution in [-0.4, -0.2) is 23.1 Å².